The van der Waals surface area contributed by atoms with E-state index in [1.54, 1.807) is 6.07 Å². The van der Waals surface area contributed by atoms with Crippen molar-refractivity contribution < 1.29 is 8.81 Å². The molecule has 1 aliphatic rings. The SMILES string of the molecule is Cc1cc(Br)c2oc(N3Cc4ccc(F)cc4C3)cc(=O)c2c1. The van der Waals surface area contributed by atoms with Gasteiger partial charge >= 0.3 is 0 Å². The second-order valence-corrected chi connectivity index (χ2v) is 6.70. The van der Waals surface area contributed by atoms with Crippen LogP contribution in [0.15, 0.2) is 50.1 Å². The minimum atomic E-state index is -0.246. The van der Waals surface area contributed by atoms with Crippen LogP contribution in [0.5, 0.6) is 0 Å². The molecule has 0 atom stereocenters. The van der Waals surface area contributed by atoms with Crippen molar-refractivity contribution in [2.24, 2.45) is 0 Å². The lowest BCUT2D eigenvalue weighted by Gasteiger charge is -2.16. The molecule has 0 N–H and O–H groups in total. The topological polar surface area (TPSA) is 33.5 Å². The highest BCUT2D eigenvalue weighted by atomic mass is 79.9. The lowest BCUT2D eigenvalue weighted by molar-refractivity contribution is 0.574. The number of halogens is 2. The fourth-order valence-corrected chi connectivity index (χ4v) is 3.67. The van der Waals surface area contributed by atoms with E-state index >= 15 is 0 Å². The normalized spacial score (nSPS) is 13.6. The number of aryl methyl sites for hydroxylation is 1. The Morgan fingerprint density at radius 3 is 2.74 bits per heavy atom. The molecule has 0 bridgehead atoms. The van der Waals surface area contributed by atoms with Crippen molar-refractivity contribution in [2.45, 2.75) is 20.0 Å². The first-order valence-corrected chi connectivity index (χ1v) is 8.07. The molecule has 0 amide bonds. The maximum atomic E-state index is 13.4. The Hall–Kier alpha value is -2.14. The zero-order valence-corrected chi connectivity index (χ0v) is 14.0. The summed E-state index contributed by atoms with van der Waals surface area (Å²) in [5.74, 6) is 0.257. The first-order valence-electron chi connectivity index (χ1n) is 7.27. The Labute approximate surface area is 140 Å². The molecule has 5 heteroatoms. The van der Waals surface area contributed by atoms with E-state index in [4.69, 9.17) is 4.42 Å². The molecule has 1 aliphatic heterocycles. The molecule has 23 heavy (non-hydrogen) atoms. The third kappa shape index (κ3) is 2.45. The highest BCUT2D eigenvalue weighted by molar-refractivity contribution is 9.10. The molecule has 0 fully saturated rings. The molecule has 1 aromatic heterocycles. The maximum Gasteiger partial charge on any atom is 0.200 e. The Balaban J connectivity index is 1.81. The summed E-state index contributed by atoms with van der Waals surface area (Å²) in [7, 11) is 0. The Morgan fingerprint density at radius 2 is 1.91 bits per heavy atom. The third-order valence-electron chi connectivity index (χ3n) is 4.12. The predicted molar refractivity (Wildman–Crippen MR) is 91.2 cm³/mol. The summed E-state index contributed by atoms with van der Waals surface area (Å²) in [5.41, 5.74) is 3.44. The van der Waals surface area contributed by atoms with Crippen molar-refractivity contribution in [3.63, 3.8) is 0 Å². The van der Waals surface area contributed by atoms with Crippen LogP contribution in [0.3, 0.4) is 0 Å². The highest BCUT2D eigenvalue weighted by Gasteiger charge is 2.22. The average Bonchev–Trinajstić information content (AvgIpc) is 2.91. The number of hydrogen-bond acceptors (Lipinski definition) is 3. The first-order chi connectivity index (χ1) is 11.0. The van der Waals surface area contributed by atoms with E-state index < -0.39 is 0 Å². The van der Waals surface area contributed by atoms with Crippen LogP contribution in [0.2, 0.25) is 0 Å². The standard InChI is InChI=1S/C18H13BrFNO2/c1-10-4-14-16(22)7-17(23-18(14)15(19)5-10)21-8-11-2-3-13(20)6-12(11)9-21/h2-7H,8-9H2,1H3. The quantitative estimate of drug-likeness (QED) is 0.628. The number of anilines is 1. The summed E-state index contributed by atoms with van der Waals surface area (Å²) >= 11 is 3.46. The van der Waals surface area contributed by atoms with Crippen molar-refractivity contribution in [3.05, 3.63) is 73.6 Å². The van der Waals surface area contributed by atoms with Gasteiger partial charge in [-0.05, 0) is 63.8 Å². The monoisotopic (exact) mass is 373 g/mol. The van der Waals surface area contributed by atoms with Gasteiger partial charge in [-0.25, -0.2) is 4.39 Å². The van der Waals surface area contributed by atoms with Gasteiger partial charge in [0.25, 0.3) is 0 Å². The van der Waals surface area contributed by atoms with Gasteiger partial charge in [-0.1, -0.05) is 6.07 Å². The predicted octanol–water partition coefficient (Wildman–Crippen LogP) is 4.52. The number of fused-ring (bicyclic) bond motifs is 2. The van der Waals surface area contributed by atoms with E-state index in [2.05, 4.69) is 15.9 Å². The van der Waals surface area contributed by atoms with Gasteiger partial charge < -0.3 is 9.32 Å². The summed E-state index contributed by atoms with van der Waals surface area (Å²) in [6.45, 7) is 3.07. The van der Waals surface area contributed by atoms with Crippen LogP contribution in [0, 0.1) is 12.7 Å². The average molecular weight is 374 g/mol. The summed E-state index contributed by atoms with van der Waals surface area (Å²) in [5, 5.41) is 0.559. The molecule has 0 spiro atoms. The van der Waals surface area contributed by atoms with E-state index in [0.717, 1.165) is 21.2 Å². The Morgan fingerprint density at radius 1 is 1.13 bits per heavy atom. The molecule has 0 radical (unpaired) electrons. The van der Waals surface area contributed by atoms with Gasteiger partial charge in [-0.15, -0.1) is 0 Å². The molecule has 0 unspecified atom stereocenters. The van der Waals surface area contributed by atoms with Gasteiger partial charge in [0.15, 0.2) is 11.0 Å². The van der Waals surface area contributed by atoms with E-state index in [9.17, 15) is 9.18 Å². The second kappa shape index (κ2) is 5.20. The first kappa shape index (κ1) is 14.5. The van der Waals surface area contributed by atoms with Gasteiger partial charge in [-0.2, -0.15) is 0 Å². The fourth-order valence-electron chi connectivity index (χ4n) is 3.01. The lowest BCUT2D eigenvalue weighted by atomic mass is 10.1. The molecule has 2 aromatic carbocycles. The molecule has 116 valence electrons. The van der Waals surface area contributed by atoms with Crippen molar-refractivity contribution in [1.82, 2.24) is 0 Å². The van der Waals surface area contributed by atoms with Crippen LogP contribution < -0.4 is 10.3 Å². The van der Waals surface area contributed by atoms with Crippen LogP contribution in [-0.4, -0.2) is 0 Å². The van der Waals surface area contributed by atoms with E-state index in [-0.39, 0.29) is 11.2 Å². The summed E-state index contributed by atoms with van der Waals surface area (Å²) in [4.78, 5) is 14.4. The zero-order chi connectivity index (χ0) is 16.1. The Kier molecular flexibility index (Phi) is 3.27. The molecular formula is C18H13BrFNO2. The van der Waals surface area contributed by atoms with Crippen LogP contribution in [-0.2, 0) is 13.1 Å². The van der Waals surface area contributed by atoms with Crippen molar-refractivity contribution >= 4 is 32.8 Å². The van der Waals surface area contributed by atoms with E-state index in [1.165, 1.54) is 18.2 Å². The highest BCUT2D eigenvalue weighted by Crippen LogP contribution is 2.32. The van der Waals surface area contributed by atoms with Crippen LogP contribution in [0.25, 0.3) is 11.0 Å². The third-order valence-corrected chi connectivity index (χ3v) is 4.71. The van der Waals surface area contributed by atoms with E-state index in [1.807, 2.05) is 24.0 Å². The molecule has 0 saturated heterocycles. The largest absolute Gasteiger partial charge is 0.439 e. The molecule has 3 nitrogen and oxygen atoms in total. The second-order valence-electron chi connectivity index (χ2n) is 5.84. The van der Waals surface area contributed by atoms with E-state index in [0.29, 0.717) is 29.9 Å². The molecule has 2 heterocycles. The van der Waals surface area contributed by atoms with Gasteiger partial charge in [0.05, 0.1) is 9.86 Å². The minimum Gasteiger partial charge on any atom is -0.439 e. The molecule has 0 aliphatic carbocycles. The zero-order valence-electron chi connectivity index (χ0n) is 12.4. The van der Waals surface area contributed by atoms with Gasteiger partial charge in [-0.3, -0.25) is 4.79 Å². The number of benzene rings is 2. The lowest BCUT2D eigenvalue weighted by Crippen LogP contribution is -2.16. The summed E-state index contributed by atoms with van der Waals surface area (Å²) < 4.78 is 20.1. The van der Waals surface area contributed by atoms with Gasteiger partial charge in [0.1, 0.15) is 5.82 Å². The Bertz CT molecular complexity index is 996. The molecule has 3 aromatic rings. The smallest absolute Gasteiger partial charge is 0.200 e. The maximum absolute atomic E-state index is 13.4. The fraction of sp³-hybridized carbons (Fsp3) is 0.167. The number of rotatable bonds is 1. The van der Waals surface area contributed by atoms with Crippen molar-refractivity contribution in [2.75, 3.05) is 4.90 Å². The van der Waals surface area contributed by atoms with Gasteiger partial charge in [0.2, 0.25) is 5.88 Å². The summed E-state index contributed by atoms with van der Waals surface area (Å²) in [6, 6.07) is 10.0. The minimum absolute atomic E-state index is 0.0761. The van der Waals surface area contributed by atoms with Gasteiger partial charge in [0, 0.05) is 19.2 Å². The molecule has 4 rings (SSSR count). The number of hydrogen-bond donors (Lipinski definition) is 0. The molecule has 0 saturated carbocycles. The van der Waals surface area contributed by atoms with Crippen LogP contribution >= 0.6 is 15.9 Å². The number of nitrogens with zero attached hydrogens (tertiary/aromatic N) is 1. The van der Waals surface area contributed by atoms with Crippen LogP contribution in [0.1, 0.15) is 16.7 Å². The molecular weight excluding hydrogens is 361 g/mol. The summed E-state index contributed by atoms with van der Waals surface area (Å²) in [6.07, 6.45) is 0. The van der Waals surface area contributed by atoms with Crippen molar-refractivity contribution in [3.8, 4) is 0 Å². The van der Waals surface area contributed by atoms with Crippen molar-refractivity contribution in [1.29, 1.82) is 0 Å². The van der Waals surface area contributed by atoms with Crippen LogP contribution in [0.4, 0.5) is 10.3 Å².